The summed E-state index contributed by atoms with van der Waals surface area (Å²) in [6.45, 7) is 12.7. The Kier molecular flexibility index (Phi) is 7.82. The molecule has 114 valence electrons. The summed E-state index contributed by atoms with van der Waals surface area (Å²) < 4.78 is 11.5. The van der Waals surface area contributed by atoms with Crippen molar-refractivity contribution in [2.45, 2.75) is 52.9 Å². The van der Waals surface area contributed by atoms with Gasteiger partial charge < -0.3 is 14.8 Å². The lowest BCUT2D eigenvalue weighted by atomic mass is 10.0. The van der Waals surface area contributed by atoms with Gasteiger partial charge in [0.25, 0.3) is 0 Å². The molecule has 1 aromatic rings. The Morgan fingerprint density at radius 2 is 1.75 bits per heavy atom. The Morgan fingerprint density at radius 1 is 1.10 bits per heavy atom. The molecule has 3 unspecified atom stereocenters. The maximum atomic E-state index is 6.06. The molecular formula is C17H29NO2. The van der Waals surface area contributed by atoms with Crippen LogP contribution in [0.15, 0.2) is 24.3 Å². The van der Waals surface area contributed by atoms with Gasteiger partial charge in [-0.05, 0) is 39.8 Å². The molecule has 3 nitrogen and oxygen atoms in total. The van der Waals surface area contributed by atoms with E-state index in [4.69, 9.17) is 9.47 Å². The van der Waals surface area contributed by atoms with Gasteiger partial charge in [0, 0.05) is 6.61 Å². The second kappa shape index (κ2) is 9.11. The highest BCUT2D eigenvalue weighted by Gasteiger charge is 2.21. The van der Waals surface area contributed by atoms with Crippen molar-refractivity contribution in [3.05, 3.63) is 35.4 Å². The molecule has 0 spiro atoms. The monoisotopic (exact) mass is 279 g/mol. The van der Waals surface area contributed by atoms with Crippen LogP contribution in [0.1, 0.15) is 44.9 Å². The van der Waals surface area contributed by atoms with Crippen molar-refractivity contribution >= 4 is 0 Å². The van der Waals surface area contributed by atoms with Gasteiger partial charge in [-0.2, -0.15) is 0 Å². The van der Waals surface area contributed by atoms with Crippen molar-refractivity contribution in [1.82, 2.24) is 5.32 Å². The summed E-state index contributed by atoms with van der Waals surface area (Å²) in [6, 6.07) is 8.86. The third-order valence-electron chi connectivity index (χ3n) is 3.33. The predicted octanol–water partition coefficient (Wildman–Crippen LogP) is 3.48. The van der Waals surface area contributed by atoms with Gasteiger partial charge in [-0.1, -0.05) is 36.8 Å². The molecule has 0 aliphatic rings. The van der Waals surface area contributed by atoms with Crippen LogP contribution in [0.4, 0.5) is 0 Å². The van der Waals surface area contributed by atoms with Crippen molar-refractivity contribution in [3.63, 3.8) is 0 Å². The van der Waals surface area contributed by atoms with E-state index < -0.39 is 0 Å². The van der Waals surface area contributed by atoms with E-state index in [9.17, 15) is 0 Å². The van der Waals surface area contributed by atoms with Crippen molar-refractivity contribution < 1.29 is 9.47 Å². The minimum atomic E-state index is 0.105. The molecule has 3 heteroatoms. The van der Waals surface area contributed by atoms with Crippen LogP contribution in [-0.4, -0.2) is 32.0 Å². The molecule has 1 N–H and O–H groups in total. The normalized spacial score (nSPS) is 15.8. The lowest BCUT2D eigenvalue weighted by molar-refractivity contribution is -0.0525. The second-order valence-corrected chi connectivity index (χ2v) is 5.26. The number of likely N-dealkylation sites (N-methyl/N-ethyl adjacent to an activating group) is 1. The first-order chi connectivity index (χ1) is 9.58. The molecule has 0 fully saturated rings. The van der Waals surface area contributed by atoms with Gasteiger partial charge in [0.05, 0.1) is 24.9 Å². The van der Waals surface area contributed by atoms with Gasteiger partial charge in [-0.15, -0.1) is 0 Å². The molecule has 0 heterocycles. The van der Waals surface area contributed by atoms with Gasteiger partial charge in [0.15, 0.2) is 0 Å². The largest absolute Gasteiger partial charge is 0.379 e. The predicted molar refractivity (Wildman–Crippen MR) is 84.1 cm³/mol. The third kappa shape index (κ3) is 5.61. The van der Waals surface area contributed by atoms with E-state index in [2.05, 4.69) is 57.3 Å². The van der Waals surface area contributed by atoms with E-state index in [1.54, 1.807) is 0 Å². The minimum Gasteiger partial charge on any atom is -0.379 e. The summed E-state index contributed by atoms with van der Waals surface area (Å²) in [5.41, 5.74) is 2.55. The molecule has 0 aromatic heterocycles. The molecule has 0 aliphatic carbocycles. The fraction of sp³-hybridized carbons (Fsp3) is 0.647. The molecule has 0 saturated heterocycles. The zero-order chi connectivity index (χ0) is 15.0. The van der Waals surface area contributed by atoms with E-state index in [0.717, 1.165) is 13.2 Å². The summed E-state index contributed by atoms with van der Waals surface area (Å²) in [4.78, 5) is 0. The van der Waals surface area contributed by atoms with E-state index in [1.807, 2.05) is 6.92 Å². The summed E-state index contributed by atoms with van der Waals surface area (Å²) in [6.07, 6.45) is 0.213. The Hall–Kier alpha value is -0.900. The fourth-order valence-electron chi connectivity index (χ4n) is 2.32. The van der Waals surface area contributed by atoms with Crippen LogP contribution in [0.25, 0.3) is 0 Å². The highest BCUT2D eigenvalue weighted by Crippen LogP contribution is 2.21. The smallest absolute Gasteiger partial charge is 0.0785 e. The molecule has 0 amide bonds. The second-order valence-electron chi connectivity index (χ2n) is 5.26. The standard InChI is InChI=1S/C17H29NO2/c1-6-18-17(16-10-8-13(3)9-11-16)15(5)20-14(4)12-19-7-2/h8-11,14-15,17-18H,6-7,12H2,1-5H3. The van der Waals surface area contributed by atoms with Gasteiger partial charge in [-0.25, -0.2) is 0 Å². The van der Waals surface area contributed by atoms with Gasteiger partial charge >= 0.3 is 0 Å². The van der Waals surface area contributed by atoms with Crippen LogP contribution in [0.2, 0.25) is 0 Å². The van der Waals surface area contributed by atoms with E-state index in [-0.39, 0.29) is 18.2 Å². The number of benzene rings is 1. The topological polar surface area (TPSA) is 30.5 Å². The number of aryl methyl sites for hydroxylation is 1. The Balaban J connectivity index is 2.66. The van der Waals surface area contributed by atoms with E-state index in [0.29, 0.717) is 6.61 Å². The molecule has 0 saturated carbocycles. The molecular weight excluding hydrogens is 250 g/mol. The Labute approximate surface area is 123 Å². The molecule has 0 bridgehead atoms. The molecule has 20 heavy (non-hydrogen) atoms. The molecule has 1 rings (SSSR count). The lowest BCUT2D eigenvalue weighted by Crippen LogP contribution is -2.35. The van der Waals surface area contributed by atoms with Crippen LogP contribution >= 0.6 is 0 Å². The van der Waals surface area contributed by atoms with Crippen LogP contribution < -0.4 is 5.32 Å². The maximum Gasteiger partial charge on any atom is 0.0785 e. The van der Waals surface area contributed by atoms with Crippen molar-refractivity contribution in [3.8, 4) is 0 Å². The summed E-state index contributed by atoms with van der Waals surface area (Å²) in [5, 5.41) is 3.51. The van der Waals surface area contributed by atoms with Crippen LogP contribution in [0.5, 0.6) is 0 Å². The van der Waals surface area contributed by atoms with Crippen LogP contribution in [0, 0.1) is 6.92 Å². The van der Waals surface area contributed by atoms with Crippen molar-refractivity contribution in [1.29, 1.82) is 0 Å². The number of hydrogen-bond donors (Lipinski definition) is 1. The van der Waals surface area contributed by atoms with Gasteiger partial charge in [0.1, 0.15) is 0 Å². The Morgan fingerprint density at radius 3 is 2.30 bits per heavy atom. The average molecular weight is 279 g/mol. The summed E-state index contributed by atoms with van der Waals surface area (Å²) in [7, 11) is 0. The fourth-order valence-corrected chi connectivity index (χ4v) is 2.32. The van der Waals surface area contributed by atoms with Gasteiger partial charge in [-0.3, -0.25) is 0 Å². The average Bonchev–Trinajstić information content (AvgIpc) is 2.43. The maximum absolute atomic E-state index is 6.06. The van der Waals surface area contributed by atoms with Crippen molar-refractivity contribution in [2.75, 3.05) is 19.8 Å². The van der Waals surface area contributed by atoms with Crippen LogP contribution in [-0.2, 0) is 9.47 Å². The third-order valence-corrected chi connectivity index (χ3v) is 3.33. The van der Waals surface area contributed by atoms with Crippen molar-refractivity contribution in [2.24, 2.45) is 0 Å². The SMILES string of the molecule is CCNC(c1ccc(C)cc1)C(C)OC(C)COCC. The molecule has 0 aliphatic heterocycles. The number of rotatable bonds is 9. The van der Waals surface area contributed by atoms with E-state index >= 15 is 0 Å². The number of hydrogen-bond acceptors (Lipinski definition) is 3. The first-order valence-corrected chi connectivity index (χ1v) is 7.61. The van der Waals surface area contributed by atoms with E-state index in [1.165, 1.54) is 11.1 Å². The van der Waals surface area contributed by atoms with Crippen LogP contribution in [0.3, 0.4) is 0 Å². The quantitative estimate of drug-likeness (QED) is 0.751. The number of ether oxygens (including phenoxy) is 2. The Bertz CT molecular complexity index is 364. The lowest BCUT2D eigenvalue weighted by Gasteiger charge is -2.28. The highest BCUT2D eigenvalue weighted by molar-refractivity contribution is 5.24. The highest BCUT2D eigenvalue weighted by atomic mass is 16.5. The summed E-state index contributed by atoms with van der Waals surface area (Å²) in [5.74, 6) is 0. The molecule has 0 radical (unpaired) electrons. The minimum absolute atomic E-state index is 0.105. The zero-order valence-corrected chi connectivity index (χ0v) is 13.5. The first-order valence-electron chi connectivity index (χ1n) is 7.61. The summed E-state index contributed by atoms with van der Waals surface area (Å²) >= 11 is 0. The first kappa shape index (κ1) is 17.2. The van der Waals surface area contributed by atoms with Gasteiger partial charge in [0.2, 0.25) is 0 Å². The zero-order valence-electron chi connectivity index (χ0n) is 13.5. The molecule has 1 aromatic carbocycles. The number of nitrogens with one attached hydrogen (secondary N) is 1. The molecule has 3 atom stereocenters.